The van der Waals surface area contributed by atoms with E-state index in [9.17, 15) is 0 Å². The third kappa shape index (κ3) is 3.41. The molecule has 5 heteroatoms. The maximum Gasteiger partial charge on any atom is 0.192 e. The summed E-state index contributed by atoms with van der Waals surface area (Å²) in [6.07, 6.45) is 2.81. The molecule has 0 N–H and O–H groups in total. The van der Waals surface area contributed by atoms with Crippen LogP contribution in [0.2, 0.25) is 18.1 Å². The monoisotopic (exact) mass is 424 g/mol. The minimum absolute atomic E-state index is 0.0255. The van der Waals surface area contributed by atoms with Gasteiger partial charge in [0.2, 0.25) is 0 Å². The Balaban J connectivity index is 2.23. The Morgan fingerprint density at radius 2 is 1.90 bits per heavy atom. The van der Waals surface area contributed by atoms with Crippen molar-refractivity contribution in [2.75, 3.05) is 11.0 Å². The first kappa shape index (κ1) is 17.9. The minimum Gasteiger partial charge on any atom is -0.408 e. The van der Waals surface area contributed by atoms with Gasteiger partial charge >= 0.3 is 0 Å². The van der Waals surface area contributed by atoms with Gasteiger partial charge in [0, 0.05) is 10.8 Å². The lowest BCUT2D eigenvalue weighted by Gasteiger charge is -2.47. The van der Waals surface area contributed by atoms with Crippen molar-refractivity contribution >= 4 is 30.9 Å². The molecular formula is C16H29IO3Si. The molecule has 2 aliphatic heterocycles. The molecule has 0 aromatic carbocycles. The third-order valence-corrected chi connectivity index (χ3v) is 11.5. The van der Waals surface area contributed by atoms with Gasteiger partial charge in [-0.15, -0.1) is 6.58 Å². The molecule has 122 valence electrons. The number of rotatable bonds is 7. The summed E-state index contributed by atoms with van der Waals surface area (Å²) >= 11 is 2.40. The van der Waals surface area contributed by atoms with Crippen molar-refractivity contribution in [3.63, 3.8) is 0 Å². The Bertz CT molecular complexity index is 373. The van der Waals surface area contributed by atoms with Crippen LogP contribution in [0.3, 0.4) is 0 Å². The van der Waals surface area contributed by atoms with Gasteiger partial charge in [0.15, 0.2) is 8.32 Å². The van der Waals surface area contributed by atoms with E-state index in [0.29, 0.717) is 0 Å². The molecule has 1 unspecified atom stereocenters. The lowest BCUT2D eigenvalue weighted by atomic mass is 9.83. The maximum absolute atomic E-state index is 6.76. The SMILES string of the molecule is C=C[C@H]1OC(C)(CI)C[C@@]2(CO2)[C@@H]1O[Si](CC)(CC)CC. The number of epoxide rings is 1. The zero-order valence-corrected chi connectivity index (χ0v) is 16.9. The molecule has 2 aliphatic rings. The molecule has 2 rings (SSSR count). The van der Waals surface area contributed by atoms with Crippen molar-refractivity contribution in [1.29, 1.82) is 0 Å². The Kier molecular flexibility index (Phi) is 5.62. The highest BCUT2D eigenvalue weighted by atomic mass is 127. The molecule has 1 spiro atoms. The average Bonchev–Trinajstić information content (AvgIpc) is 3.26. The van der Waals surface area contributed by atoms with Crippen LogP contribution in [0.15, 0.2) is 12.7 Å². The van der Waals surface area contributed by atoms with E-state index >= 15 is 0 Å². The van der Waals surface area contributed by atoms with E-state index in [1.54, 1.807) is 0 Å². The molecule has 3 nitrogen and oxygen atoms in total. The topological polar surface area (TPSA) is 31.0 Å². The lowest BCUT2D eigenvalue weighted by Crippen LogP contribution is -2.59. The van der Waals surface area contributed by atoms with E-state index in [2.05, 4.69) is 56.9 Å². The largest absolute Gasteiger partial charge is 0.408 e. The van der Waals surface area contributed by atoms with E-state index in [-0.39, 0.29) is 23.4 Å². The molecule has 4 atom stereocenters. The van der Waals surface area contributed by atoms with Crippen LogP contribution < -0.4 is 0 Å². The number of halogens is 1. The van der Waals surface area contributed by atoms with Crippen molar-refractivity contribution in [3.05, 3.63) is 12.7 Å². The molecule has 0 amide bonds. The number of alkyl halides is 1. The quantitative estimate of drug-likeness (QED) is 0.201. The number of hydrogen-bond donors (Lipinski definition) is 0. The Labute approximate surface area is 144 Å². The second kappa shape index (κ2) is 6.59. The maximum atomic E-state index is 6.76. The molecular weight excluding hydrogens is 395 g/mol. The second-order valence-corrected chi connectivity index (χ2v) is 12.2. The fraction of sp³-hybridized carbons (Fsp3) is 0.875. The highest BCUT2D eigenvalue weighted by Gasteiger charge is 2.63. The Morgan fingerprint density at radius 1 is 1.33 bits per heavy atom. The van der Waals surface area contributed by atoms with Crippen LogP contribution in [0.1, 0.15) is 34.1 Å². The van der Waals surface area contributed by atoms with Gasteiger partial charge in [-0.25, -0.2) is 0 Å². The van der Waals surface area contributed by atoms with Gasteiger partial charge in [-0.2, -0.15) is 0 Å². The predicted molar refractivity (Wildman–Crippen MR) is 97.7 cm³/mol. The first-order valence-corrected chi connectivity index (χ1v) is 12.2. The molecule has 0 bridgehead atoms. The molecule has 2 saturated heterocycles. The highest BCUT2D eigenvalue weighted by Crippen LogP contribution is 2.49. The van der Waals surface area contributed by atoms with Gasteiger partial charge in [0.1, 0.15) is 17.8 Å². The zero-order valence-electron chi connectivity index (χ0n) is 13.8. The van der Waals surface area contributed by atoms with Crippen LogP contribution in [-0.4, -0.2) is 42.8 Å². The molecule has 0 saturated carbocycles. The summed E-state index contributed by atoms with van der Waals surface area (Å²) in [6.45, 7) is 13.8. The van der Waals surface area contributed by atoms with Crippen molar-refractivity contribution < 1.29 is 13.9 Å². The molecule has 21 heavy (non-hydrogen) atoms. The molecule has 2 heterocycles. The number of ether oxygens (including phenoxy) is 2. The minimum atomic E-state index is -1.68. The zero-order chi connectivity index (χ0) is 15.7. The van der Waals surface area contributed by atoms with Gasteiger partial charge in [-0.05, 0) is 25.1 Å². The van der Waals surface area contributed by atoms with Crippen LogP contribution in [-0.2, 0) is 13.9 Å². The van der Waals surface area contributed by atoms with Crippen LogP contribution in [0.25, 0.3) is 0 Å². The molecule has 2 fully saturated rings. The van der Waals surface area contributed by atoms with Crippen LogP contribution in [0, 0.1) is 0 Å². The van der Waals surface area contributed by atoms with Gasteiger partial charge in [0.05, 0.1) is 12.2 Å². The van der Waals surface area contributed by atoms with E-state index in [1.165, 1.54) is 0 Å². The van der Waals surface area contributed by atoms with Crippen molar-refractivity contribution in [1.82, 2.24) is 0 Å². The van der Waals surface area contributed by atoms with E-state index in [4.69, 9.17) is 13.9 Å². The smallest absolute Gasteiger partial charge is 0.192 e. The first-order chi connectivity index (χ1) is 9.92. The summed E-state index contributed by atoms with van der Waals surface area (Å²) < 4.78 is 20.0. The molecule has 0 aliphatic carbocycles. The summed E-state index contributed by atoms with van der Waals surface area (Å²) in [5.41, 5.74) is -0.264. The van der Waals surface area contributed by atoms with E-state index in [1.807, 2.05) is 6.08 Å². The average molecular weight is 424 g/mol. The number of hydrogen-bond acceptors (Lipinski definition) is 3. The Morgan fingerprint density at radius 3 is 2.29 bits per heavy atom. The van der Waals surface area contributed by atoms with Crippen LogP contribution in [0.5, 0.6) is 0 Å². The fourth-order valence-electron chi connectivity index (χ4n) is 3.52. The van der Waals surface area contributed by atoms with Crippen molar-refractivity contribution in [2.45, 2.75) is 75.7 Å². The molecule has 0 aromatic rings. The first-order valence-electron chi connectivity index (χ1n) is 8.10. The standard InChI is InChI=1S/C16H29IO3Si/c1-6-13-14(20-21(7-2,8-3)9-4)16(12-18-16)10-15(5,11-17)19-13/h6,13-14H,1,7-12H2,2-5H3/t13-,14-,15?,16-/m1/s1. The summed E-state index contributed by atoms with van der Waals surface area (Å²) in [4.78, 5) is 0. The summed E-state index contributed by atoms with van der Waals surface area (Å²) in [7, 11) is -1.68. The van der Waals surface area contributed by atoms with E-state index < -0.39 is 8.32 Å². The van der Waals surface area contributed by atoms with Gasteiger partial charge in [-0.3, -0.25) is 0 Å². The Hall–Kier alpha value is 0.567. The van der Waals surface area contributed by atoms with Crippen molar-refractivity contribution in [2.24, 2.45) is 0 Å². The van der Waals surface area contributed by atoms with Gasteiger partial charge in [-0.1, -0.05) is 49.4 Å². The summed E-state index contributed by atoms with van der Waals surface area (Å²) in [5.74, 6) is 0. The summed E-state index contributed by atoms with van der Waals surface area (Å²) in [5, 5.41) is 0. The normalized spacial score (nSPS) is 39.5. The highest BCUT2D eigenvalue weighted by molar-refractivity contribution is 14.1. The molecule has 0 radical (unpaired) electrons. The second-order valence-electron chi connectivity index (χ2n) is 6.71. The van der Waals surface area contributed by atoms with Crippen LogP contribution in [0.4, 0.5) is 0 Å². The van der Waals surface area contributed by atoms with Gasteiger partial charge in [0.25, 0.3) is 0 Å². The third-order valence-electron chi connectivity index (χ3n) is 5.25. The van der Waals surface area contributed by atoms with Crippen molar-refractivity contribution in [3.8, 4) is 0 Å². The predicted octanol–water partition coefficient (Wildman–Crippen LogP) is 4.31. The lowest BCUT2D eigenvalue weighted by molar-refractivity contribution is -0.162. The van der Waals surface area contributed by atoms with E-state index in [0.717, 1.165) is 35.6 Å². The summed E-state index contributed by atoms with van der Waals surface area (Å²) in [6, 6.07) is 3.46. The van der Waals surface area contributed by atoms with Gasteiger partial charge < -0.3 is 13.9 Å². The fourth-order valence-corrected chi connectivity index (χ4v) is 6.86. The molecule has 0 aromatic heterocycles. The van der Waals surface area contributed by atoms with Crippen LogP contribution >= 0.6 is 22.6 Å².